The summed E-state index contributed by atoms with van der Waals surface area (Å²) in [5.74, 6) is 3.29. The van der Waals surface area contributed by atoms with Gasteiger partial charge in [-0.05, 0) is 61.7 Å². The Kier molecular flexibility index (Phi) is 2.44. The fourth-order valence-electron chi connectivity index (χ4n) is 5.12. The number of carboxylic acid groups (broad SMARTS) is 1. The lowest BCUT2D eigenvalue weighted by Crippen LogP contribution is -2.46. The third-order valence-corrected chi connectivity index (χ3v) is 5.64. The minimum Gasteiger partial charge on any atom is -0.475 e. The molecule has 4 aliphatic rings. The molecule has 0 saturated heterocycles. The van der Waals surface area contributed by atoms with Crippen LogP contribution in [0, 0.1) is 29.6 Å². The Balaban J connectivity index is 1.57. The van der Waals surface area contributed by atoms with Gasteiger partial charge in [0, 0.05) is 6.54 Å². The molecule has 1 aromatic heterocycles. The van der Waals surface area contributed by atoms with Crippen LogP contribution >= 0.6 is 0 Å². The molecule has 0 amide bonds. The van der Waals surface area contributed by atoms with Gasteiger partial charge in [-0.2, -0.15) is 0 Å². The molecule has 4 aliphatic carbocycles. The Hall–Kier alpha value is -1.39. The third-order valence-electron chi connectivity index (χ3n) is 5.64. The van der Waals surface area contributed by atoms with Gasteiger partial charge in [-0.15, -0.1) is 10.2 Å². The summed E-state index contributed by atoms with van der Waals surface area (Å²) in [4.78, 5) is 11.1. The van der Waals surface area contributed by atoms with Crippen molar-refractivity contribution in [1.29, 1.82) is 0 Å². The highest BCUT2D eigenvalue weighted by molar-refractivity contribution is 5.83. The lowest BCUT2D eigenvalue weighted by Gasteiger charge is -2.54. The lowest BCUT2D eigenvalue weighted by atomic mass is 9.52. The Labute approximate surface area is 112 Å². The topological polar surface area (TPSA) is 68.0 Å². The molecule has 4 saturated carbocycles. The Bertz CT molecular complexity index is 483. The molecule has 5 rings (SSSR count). The largest absolute Gasteiger partial charge is 0.475 e. The normalized spacial score (nSPS) is 39.7. The number of rotatable bonds is 3. The zero-order chi connectivity index (χ0) is 13.0. The second kappa shape index (κ2) is 4.05. The van der Waals surface area contributed by atoms with E-state index in [-0.39, 0.29) is 5.82 Å². The van der Waals surface area contributed by atoms with Crippen molar-refractivity contribution < 1.29 is 9.90 Å². The molecule has 4 bridgehead atoms. The maximum absolute atomic E-state index is 11.1. The number of carbonyl (C=O) groups is 1. The van der Waals surface area contributed by atoms with Crippen LogP contribution in [0.25, 0.3) is 0 Å². The summed E-state index contributed by atoms with van der Waals surface area (Å²) in [6, 6.07) is 0. The van der Waals surface area contributed by atoms with Crippen molar-refractivity contribution in [3.8, 4) is 0 Å². The first-order valence-corrected chi connectivity index (χ1v) is 7.31. The van der Waals surface area contributed by atoms with Gasteiger partial charge < -0.3 is 9.67 Å². The summed E-state index contributed by atoms with van der Waals surface area (Å²) < 4.78 is 1.75. The van der Waals surface area contributed by atoms with Gasteiger partial charge in [0.05, 0.1) is 0 Å². The van der Waals surface area contributed by atoms with Gasteiger partial charge in [0.15, 0.2) is 0 Å². The van der Waals surface area contributed by atoms with Gasteiger partial charge in [-0.3, -0.25) is 0 Å². The van der Waals surface area contributed by atoms with E-state index >= 15 is 0 Å². The van der Waals surface area contributed by atoms with Gasteiger partial charge in [-0.1, -0.05) is 0 Å². The van der Waals surface area contributed by atoms with Crippen molar-refractivity contribution in [2.45, 2.75) is 38.6 Å². The number of aromatic carboxylic acids is 1. The molecule has 4 fully saturated rings. The second-order valence-electron chi connectivity index (χ2n) is 6.71. The van der Waals surface area contributed by atoms with E-state index in [1.54, 1.807) is 10.9 Å². The predicted octanol–water partition coefficient (Wildman–Crippen LogP) is 2.05. The zero-order valence-electron chi connectivity index (χ0n) is 10.9. The summed E-state index contributed by atoms with van der Waals surface area (Å²) in [6.45, 7) is 0.795. The molecule has 0 unspecified atom stereocenters. The molecule has 0 aromatic carbocycles. The van der Waals surface area contributed by atoms with Gasteiger partial charge in [0.1, 0.15) is 6.33 Å². The van der Waals surface area contributed by atoms with Gasteiger partial charge in [0.25, 0.3) is 0 Å². The van der Waals surface area contributed by atoms with E-state index in [2.05, 4.69) is 10.2 Å². The van der Waals surface area contributed by atoms with Crippen LogP contribution in [0.3, 0.4) is 0 Å². The van der Waals surface area contributed by atoms with Crippen molar-refractivity contribution in [2.24, 2.45) is 29.6 Å². The number of aromatic nitrogens is 3. The zero-order valence-corrected chi connectivity index (χ0v) is 10.9. The highest BCUT2D eigenvalue weighted by atomic mass is 16.4. The molecule has 1 aromatic rings. The average Bonchev–Trinajstić information content (AvgIpc) is 2.81. The van der Waals surface area contributed by atoms with E-state index in [0.29, 0.717) is 5.92 Å². The molecule has 19 heavy (non-hydrogen) atoms. The molecule has 5 nitrogen and oxygen atoms in total. The van der Waals surface area contributed by atoms with E-state index < -0.39 is 5.97 Å². The molecule has 0 radical (unpaired) electrons. The Morgan fingerprint density at radius 1 is 1.21 bits per heavy atom. The number of hydrogen-bond acceptors (Lipinski definition) is 3. The molecular formula is C14H19N3O2. The highest BCUT2D eigenvalue weighted by Crippen LogP contribution is 2.56. The first-order chi connectivity index (χ1) is 9.20. The fourth-order valence-corrected chi connectivity index (χ4v) is 5.12. The van der Waals surface area contributed by atoms with Crippen LogP contribution in [0.2, 0.25) is 0 Å². The SMILES string of the molecule is O=C(O)c1nncn1CC1C2CC3CC(C2)CC1C3. The summed E-state index contributed by atoms with van der Waals surface area (Å²) in [7, 11) is 0. The smallest absolute Gasteiger partial charge is 0.374 e. The van der Waals surface area contributed by atoms with Crippen molar-refractivity contribution in [1.82, 2.24) is 14.8 Å². The number of hydrogen-bond donors (Lipinski definition) is 1. The fraction of sp³-hybridized carbons (Fsp3) is 0.786. The molecule has 5 heteroatoms. The maximum atomic E-state index is 11.1. The summed E-state index contributed by atoms with van der Waals surface area (Å²) in [5, 5.41) is 16.6. The Morgan fingerprint density at radius 3 is 2.42 bits per heavy atom. The molecule has 0 spiro atoms. The van der Waals surface area contributed by atoms with Gasteiger partial charge in [-0.25, -0.2) is 4.79 Å². The summed E-state index contributed by atoms with van der Waals surface area (Å²) in [6.07, 6.45) is 8.48. The van der Waals surface area contributed by atoms with E-state index in [0.717, 1.165) is 30.2 Å². The van der Waals surface area contributed by atoms with Crippen LogP contribution in [0.5, 0.6) is 0 Å². The minimum atomic E-state index is -0.971. The van der Waals surface area contributed by atoms with E-state index in [1.807, 2.05) is 0 Å². The highest BCUT2D eigenvalue weighted by Gasteiger charge is 2.48. The van der Waals surface area contributed by atoms with Crippen molar-refractivity contribution in [3.63, 3.8) is 0 Å². The van der Waals surface area contributed by atoms with Crippen molar-refractivity contribution in [3.05, 3.63) is 12.2 Å². The minimum absolute atomic E-state index is 0.0915. The van der Waals surface area contributed by atoms with Crippen LogP contribution in [0.15, 0.2) is 6.33 Å². The van der Waals surface area contributed by atoms with Crippen LogP contribution in [0.4, 0.5) is 0 Å². The second-order valence-corrected chi connectivity index (χ2v) is 6.71. The standard InChI is InChI=1S/C14H19N3O2/c18-14(19)13-16-15-7-17(13)6-12-10-2-8-1-9(4-10)5-11(12)3-8/h7-12H,1-6H2,(H,18,19). The first-order valence-electron chi connectivity index (χ1n) is 7.31. The molecule has 0 aliphatic heterocycles. The third kappa shape index (κ3) is 1.78. The van der Waals surface area contributed by atoms with Gasteiger partial charge >= 0.3 is 5.97 Å². The van der Waals surface area contributed by atoms with E-state index in [1.165, 1.54) is 32.1 Å². The molecular weight excluding hydrogens is 242 g/mol. The van der Waals surface area contributed by atoms with E-state index in [4.69, 9.17) is 5.11 Å². The summed E-state index contributed by atoms with van der Waals surface area (Å²) in [5.41, 5.74) is 0. The van der Waals surface area contributed by atoms with Gasteiger partial charge in [0.2, 0.25) is 5.82 Å². The van der Waals surface area contributed by atoms with Crippen LogP contribution < -0.4 is 0 Å². The predicted molar refractivity (Wildman–Crippen MR) is 67.5 cm³/mol. The lowest BCUT2D eigenvalue weighted by molar-refractivity contribution is -0.0433. The van der Waals surface area contributed by atoms with Crippen LogP contribution in [0.1, 0.15) is 42.7 Å². The summed E-state index contributed by atoms with van der Waals surface area (Å²) >= 11 is 0. The van der Waals surface area contributed by atoms with Crippen molar-refractivity contribution >= 4 is 5.97 Å². The molecule has 1 N–H and O–H groups in total. The number of nitrogens with zero attached hydrogens (tertiary/aromatic N) is 3. The van der Waals surface area contributed by atoms with Crippen LogP contribution in [-0.2, 0) is 6.54 Å². The Morgan fingerprint density at radius 2 is 1.84 bits per heavy atom. The van der Waals surface area contributed by atoms with Crippen LogP contribution in [-0.4, -0.2) is 25.8 Å². The maximum Gasteiger partial charge on any atom is 0.374 e. The molecule has 102 valence electrons. The molecule has 0 atom stereocenters. The first kappa shape index (κ1) is 11.4. The average molecular weight is 261 g/mol. The molecule has 1 heterocycles. The monoisotopic (exact) mass is 261 g/mol. The van der Waals surface area contributed by atoms with E-state index in [9.17, 15) is 4.79 Å². The van der Waals surface area contributed by atoms with Crippen molar-refractivity contribution in [2.75, 3.05) is 0 Å². The quantitative estimate of drug-likeness (QED) is 0.904. The number of carboxylic acids is 1.